The summed E-state index contributed by atoms with van der Waals surface area (Å²) in [5.74, 6) is -0.241. The third kappa shape index (κ3) is 7.62. The third-order valence-corrected chi connectivity index (χ3v) is 3.88. The second kappa shape index (κ2) is 10.8. The van der Waals surface area contributed by atoms with Crippen molar-refractivity contribution >= 4 is 24.2 Å². The molecule has 1 aromatic carbocycles. The number of benzene rings is 1. The number of hydrogen-bond donors (Lipinski definition) is 3. The fraction of sp³-hybridized carbons (Fsp3) is 0.444. The highest BCUT2D eigenvalue weighted by atomic mass is 35.5. The van der Waals surface area contributed by atoms with Gasteiger partial charge < -0.3 is 16.0 Å². The largest absolute Gasteiger partial charge is 0.351 e. The van der Waals surface area contributed by atoms with Crippen LogP contribution in [0.3, 0.4) is 0 Å². The van der Waals surface area contributed by atoms with Crippen LogP contribution in [0.2, 0.25) is 0 Å². The van der Waals surface area contributed by atoms with Crippen molar-refractivity contribution in [2.45, 2.75) is 26.2 Å². The first-order valence-corrected chi connectivity index (χ1v) is 8.11. The van der Waals surface area contributed by atoms with Crippen LogP contribution in [0.1, 0.15) is 24.0 Å². The summed E-state index contributed by atoms with van der Waals surface area (Å²) in [5, 5.41) is 8.73. The van der Waals surface area contributed by atoms with E-state index in [1.165, 1.54) is 11.1 Å². The molecule has 1 aliphatic heterocycles. The average Bonchev–Trinajstić information content (AvgIpc) is 2.58. The Hall–Kier alpha value is -1.85. The predicted octanol–water partition coefficient (Wildman–Crippen LogP) is 1.50. The van der Waals surface area contributed by atoms with Gasteiger partial charge in [-0.1, -0.05) is 41.5 Å². The maximum absolute atomic E-state index is 11.8. The highest BCUT2D eigenvalue weighted by Gasteiger charge is 2.08. The molecule has 0 aliphatic carbocycles. The first-order valence-electron chi connectivity index (χ1n) is 8.11. The number of nitrogens with one attached hydrogen (secondary N) is 3. The van der Waals surface area contributed by atoms with E-state index in [1.807, 2.05) is 31.2 Å². The van der Waals surface area contributed by atoms with E-state index < -0.39 is 0 Å². The van der Waals surface area contributed by atoms with Crippen molar-refractivity contribution in [2.75, 3.05) is 26.2 Å². The lowest BCUT2D eigenvalue weighted by molar-refractivity contribution is -0.126. The molecule has 0 fully saturated rings. The van der Waals surface area contributed by atoms with Gasteiger partial charge in [-0.2, -0.15) is 0 Å². The molecular formula is C18H26ClN3O2. The Labute approximate surface area is 149 Å². The van der Waals surface area contributed by atoms with Gasteiger partial charge in [0.1, 0.15) is 0 Å². The van der Waals surface area contributed by atoms with Crippen LogP contribution in [0, 0.1) is 6.92 Å². The van der Waals surface area contributed by atoms with E-state index in [2.05, 4.69) is 22.0 Å². The van der Waals surface area contributed by atoms with E-state index >= 15 is 0 Å². The summed E-state index contributed by atoms with van der Waals surface area (Å²) in [6.45, 7) is 4.46. The molecule has 0 radical (unpaired) electrons. The molecule has 1 aromatic rings. The smallest absolute Gasteiger partial charge is 0.239 e. The molecule has 132 valence electrons. The molecule has 0 aromatic heterocycles. The Bertz CT molecular complexity index is 570. The highest BCUT2D eigenvalue weighted by molar-refractivity contribution is 5.85. The summed E-state index contributed by atoms with van der Waals surface area (Å²) in [7, 11) is 0. The van der Waals surface area contributed by atoms with Gasteiger partial charge in [0.2, 0.25) is 11.8 Å². The van der Waals surface area contributed by atoms with Crippen molar-refractivity contribution in [3.05, 3.63) is 47.0 Å². The summed E-state index contributed by atoms with van der Waals surface area (Å²) in [6, 6.07) is 8.14. The molecule has 0 atom stereocenters. The first-order chi connectivity index (χ1) is 11.1. The molecule has 5 nitrogen and oxygen atoms in total. The Morgan fingerprint density at radius 2 is 1.88 bits per heavy atom. The van der Waals surface area contributed by atoms with Gasteiger partial charge in [0.05, 0.1) is 6.54 Å². The summed E-state index contributed by atoms with van der Waals surface area (Å²) in [4.78, 5) is 23.5. The molecule has 0 bridgehead atoms. The molecule has 0 saturated carbocycles. The monoisotopic (exact) mass is 351 g/mol. The fourth-order valence-electron chi connectivity index (χ4n) is 2.38. The van der Waals surface area contributed by atoms with Gasteiger partial charge in [0.25, 0.3) is 0 Å². The normalized spacial score (nSPS) is 13.5. The van der Waals surface area contributed by atoms with Crippen molar-refractivity contribution in [3.8, 4) is 0 Å². The Balaban J connectivity index is 0.00000288. The Morgan fingerprint density at radius 3 is 2.54 bits per heavy atom. The van der Waals surface area contributed by atoms with Crippen LogP contribution in [0.15, 0.2) is 35.9 Å². The molecule has 6 heteroatoms. The summed E-state index contributed by atoms with van der Waals surface area (Å²) in [6.07, 6.45) is 4.15. The van der Waals surface area contributed by atoms with E-state index in [0.29, 0.717) is 19.4 Å². The number of amides is 2. The van der Waals surface area contributed by atoms with Gasteiger partial charge in [-0.15, -0.1) is 12.4 Å². The third-order valence-electron chi connectivity index (χ3n) is 3.88. The molecular weight excluding hydrogens is 326 g/mol. The van der Waals surface area contributed by atoms with Gasteiger partial charge in [-0.25, -0.2) is 0 Å². The zero-order valence-corrected chi connectivity index (χ0v) is 14.9. The van der Waals surface area contributed by atoms with Crippen molar-refractivity contribution < 1.29 is 9.59 Å². The number of hydrogen-bond acceptors (Lipinski definition) is 3. The van der Waals surface area contributed by atoms with Crippen molar-refractivity contribution in [3.63, 3.8) is 0 Å². The quantitative estimate of drug-likeness (QED) is 0.652. The lowest BCUT2D eigenvalue weighted by Crippen LogP contribution is -2.38. The minimum atomic E-state index is -0.145. The van der Waals surface area contributed by atoms with Crippen LogP contribution >= 0.6 is 12.4 Å². The lowest BCUT2D eigenvalue weighted by Gasteiger charge is -2.14. The minimum Gasteiger partial charge on any atom is -0.351 e. The fourth-order valence-corrected chi connectivity index (χ4v) is 2.38. The van der Waals surface area contributed by atoms with E-state index in [-0.39, 0.29) is 30.8 Å². The van der Waals surface area contributed by atoms with Crippen molar-refractivity contribution in [2.24, 2.45) is 0 Å². The summed E-state index contributed by atoms with van der Waals surface area (Å²) < 4.78 is 0. The van der Waals surface area contributed by atoms with E-state index in [4.69, 9.17) is 0 Å². The van der Waals surface area contributed by atoms with Gasteiger partial charge in [-0.05, 0) is 31.9 Å². The molecule has 24 heavy (non-hydrogen) atoms. The van der Waals surface area contributed by atoms with Crippen molar-refractivity contribution in [1.29, 1.82) is 0 Å². The molecule has 0 spiro atoms. The van der Waals surface area contributed by atoms with Gasteiger partial charge >= 0.3 is 0 Å². The minimum absolute atomic E-state index is 0. The SMILES string of the molecule is Cc1ccc(CCC(=O)NCC(=O)NCC2=CCNCC2)cc1.Cl. The Kier molecular flexibility index (Phi) is 9.12. The van der Waals surface area contributed by atoms with E-state index in [0.717, 1.165) is 25.1 Å². The number of carbonyl (C=O) groups is 2. The highest BCUT2D eigenvalue weighted by Crippen LogP contribution is 2.05. The van der Waals surface area contributed by atoms with Gasteiger partial charge in [0, 0.05) is 19.5 Å². The van der Waals surface area contributed by atoms with E-state index in [1.54, 1.807) is 0 Å². The van der Waals surface area contributed by atoms with Crippen LogP contribution in [-0.4, -0.2) is 38.0 Å². The van der Waals surface area contributed by atoms with Gasteiger partial charge in [0.15, 0.2) is 0 Å². The first kappa shape index (κ1) is 20.2. The van der Waals surface area contributed by atoms with Crippen LogP contribution in [-0.2, 0) is 16.0 Å². The summed E-state index contributed by atoms with van der Waals surface area (Å²) in [5.41, 5.74) is 3.58. The lowest BCUT2D eigenvalue weighted by atomic mass is 10.1. The molecule has 0 unspecified atom stereocenters. The van der Waals surface area contributed by atoms with Crippen LogP contribution in [0.5, 0.6) is 0 Å². The maximum atomic E-state index is 11.8. The second-order valence-electron chi connectivity index (χ2n) is 5.86. The average molecular weight is 352 g/mol. The van der Waals surface area contributed by atoms with Gasteiger partial charge in [-0.3, -0.25) is 9.59 Å². The zero-order chi connectivity index (χ0) is 16.5. The van der Waals surface area contributed by atoms with Crippen LogP contribution < -0.4 is 16.0 Å². The molecule has 1 heterocycles. The molecule has 1 aliphatic rings. The van der Waals surface area contributed by atoms with Crippen LogP contribution in [0.4, 0.5) is 0 Å². The number of carbonyl (C=O) groups excluding carboxylic acids is 2. The number of halogens is 1. The molecule has 2 amide bonds. The summed E-state index contributed by atoms with van der Waals surface area (Å²) >= 11 is 0. The van der Waals surface area contributed by atoms with Crippen molar-refractivity contribution in [1.82, 2.24) is 16.0 Å². The topological polar surface area (TPSA) is 70.2 Å². The zero-order valence-electron chi connectivity index (χ0n) is 14.1. The number of aryl methyl sites for hydroxylation is 2. The standard InChI is InChI=1S/C18H25N3O2.ClH/c1-14-2-4-15(5-3-14)6-7-17(22)21-13-18(23)20-12-16-8-10-19-11-9-16;/h2-5,8,19H,6-7,9-13H2,1H3,(H,20,23)(H,21,22);1H. The maximum Gasteiger partial charge on any atom is 0.239 e. The number of rotatable bonds is 7. The molecule has 0 saturated heterocycles. The second-order valence-corrected chi connectivity index (χ2v) is 5.86. The molecule has 3 N–H and O–H groups in total. The Morgan fingerprint density at radius 1 is 1.12 bits per heavy atom. The molecule has 2 rings (SSSR count). The van der Waals surface area contributed by atoms with Crippen LogP contribution in [0.25, 0.3) is 0 Å². The predicted molar refractivity (Wildman–Crippen MR) is 98.3 cm³/mol. The van der Waals surface area contributed by atoms with E-state index in [9.17, 15) is 9.59 Å².